The summed E-state index contributed by atoms with van der Waals surface area (Å²) in [6.07, 6.45) is 3.35. The Balaban J connectivity index is 2.00. The Bertz CT molecular complexity index is 955. The van der Waals surface area contributed by atoms with E-state index in [-0.39, 0.29) is 0 Å². The van der Waals surface area contributed by atoms with Gasteiger partial charge in [-0.3, -0.25) is 0 Å². The van der Waals surface area contributed by atoms with Crippen LogP contribution < -0.4 is 0 Å². The fraction of sp³-hybridized carbons (Fsp3) is 0.333. The Morgan fingerprint density at radius 1 is 0.821 bits per heavy atom. The van der Waals surface area contributed by atoms with Crippen LogP contribution in [0.2, 0.25) is 0 Å². The molecular formula is C18H20N2O4S4. The van der Waals surface area contributed by atoms with E-state index in [1.807, 2.05) is 22.9 Å². The van der Waals surface area contributed by atoms with Gasteiger partial charge in [-0.25, -0.2) is 18.4 Å². The van der Waals surface area contributed by atoms with Crippen LogP contribution in [0, 0.1) is 0 Å². The summed E-state index contributed by atoms with van der Waals surface area (Å²) >= 11 is -1.23. The van der Waals surface area contributed by atoms with Gasteiger partial charge in [0.15, 0.2) is 28.0 Å². The van der Waals surface area contributed by atoms with Gasteiger partial charge in [0.25, 0.3) is 0 Å². The molecule has 3 aromatic heterocycles. The number of nitrogens with zero attached hydrogens (tertiary/aromatic N) is 2. The van der Waals surface area contributed by atoms with Crippen molar-refractivity contribution in [1.82, 2.24) is 9.97 Å². The van der Waals surface area contributed by atoms with E-state index in [2.05, 4.69) is 9.97 Å². The van der Waals surface area contributed by atoms with Gasteiger partial charge in [-0.2, -0.15) is 0 Å². The normalized spacial score (nSPS) is 14.8. The Hall–Kier alpha value is -1.30. The molecule has 0 saturated heterocycles. The van der Waals surface area contributed by atoms with Gasteiger partial charge in [0.05, 0.1) is 0 Å². The Morgan fingerprint density at radius 2 is 1.25 bits per heavy atom. The molecule has 2 unspecified atom stereocenters. The van der Waals surface area contributed by atoms with Crippen LogP contribution in [0.3, 0.4) is 0 Å². The van der Waals surface area contributed by atoms with Gasteiger partial charge in [0.2, 0.25) is 0 Å². The molecule has 0 radical (unpaired) electrons. The van der Waals surface area contributed by atoms with Crippen LogP contribution in [0.25, 0.3) is 22.5 Å². The number of hydrogen-bond donors (Lipinski definition) is 2. The van der Waals surface area contributed by atoms with Crippen molar-refractivity contribution in [3.63, 3.8) is 0 Å². The van der Waals surface area contributed by atoms with Gasteiger partial charge in [-0.1, -0.05) is 0 Å². The first-order chi connectivity index (χ1) is 13.1. The summed E-state index contributed by atoms with van der Waals surface area (Å²) in [5.74, 6) is 0.472. The minimum atomic E-state index is -2.03. The molecule has 150 valence electrons. The third kappa shape index (κ3) is 3.77. The van der Waals surface area contributed by atoms with Crippen molar-refractivity contribution >= 4 is 44.8 Å². The number of rotatable bonds is 6. The summed E-state index contributed by atoms with van der Waals surface area (Å²) in [6, 6.07) is 3.73. The largest absolute Gasteiger partial charge is 0.305 e. The number of thiophene rings is 2. The Labute approximate surface area is 176 Å². The van der Waals surface area contributed by atoms with Gasteiger partial charge in [-0.05, 0) is 50.6 Å². The SMILES string of the molecule is CC(C)(c1sccc1-c1cnc(-c2ccsc2C(C)(C)S(=O)O)nc1)S(=O)O. The molecule has 0 saturated carbocycles. The van der Waals surface area contributed by atoms with Crippen molar-refractivity contribution in [2.75, 3.05) is 0 Å². The van der Waals surface area contributed by atoms with E-state index in [0.717, 1.165) is 26.4 Å². The third-order valence-electron chi connectivity index (χ3n) is 4.50. The molecule has 0 aliphatic carbocycles. The predicted molar refractivity (Wildman–Crippen MR) is 116 cm³/mol. The van der Waals surface area contributed by atoms with E-state index < -0.39 is 31.7 Å². The quantitative estimate of drug-likeness (QED) is 0.515. The molecule has 0 amide bonds. The van der Waals surface area contributed by atoms with Crippen molar-refractivity contribution in [3.8, 4) is 22.5 Å². The fourth-order valence-electron chi connectivity index (χ4n) is 2.72. The second-order valence-corrected chi connectivity index (χ2v) is 12.0. The van der Waals surface area contributed by atoms with Crippen LogP contribution in [0.15, 0.2) is 35.3 Å². The third-order valence-corrected chi connectivity index (χ3v) is 9.39. The van der Waals surface area contributed by atoms with Gasteiger partial charge in [-0.15, -0.1) is 22.7 Å². The molecular weight excluding hydrogens is 436 g/mol. The molecule has 3 rings (SSSR count). The topological polar surface area (TPSA) is 100 Å². The molecule has 10 heteroatoms. The summed E-state index contributed by atoms with van der Waals surface area (Å²) in [5.41, 5.74) is 2.30. The molecule has 0 aliphatic heterocycles. The highest BCUT2D eigenvalue weighted by atomic mass is 32.2. The molecule has 0 aliphatic rings. The van der Waals surface area contributed by atoms with Gasteiger partial charge in [0, 0.05) is 38.8 Å². The lowest BCUT2D eigenvalue weighted by Gasteiger charge is -2.21. The monoisotopic (exact) mass is 456 g/mol. The average molecular weight is 457 g/mol. The van der Waals surface area contributed by atoms with Gasteiger partial charge in [0.1, 0.15) is 9.49 Å². The fourth-order valence-corrected chi connectivity index (χ4v) is 5.82. The van der Waals surface area contributed by atoms with E-state index >= 15 is 0 Å². The van der Waals surface area contributed by atoms with Crippen molar-refractivity contribution < 1.29 is 17.5 Å². The van der Waals surface area contributed by atoms with Crippen molar-refractivity contribution in [2.24, 2.45) is 0 Å². The summed E-state index contributed by atoms with van der Waals surface area (Å²) in [4.78, 5) is 10.5. The Kier molecular flexibility index (Phi) is 6.00. The lowest BCUT2D eigenvalue weighted by Crippen LogP contribution is -2.22. The van der Waals surface area contributed by atoms with Gasteiger partial charge >= 0.3 is 0 Å². The molecule has 0 spiro atoms. The molecule has 3 aromatic rings. The number of aromatic nitrogens is 2. The maximum atomic E-state index is 11.7. The molecule has 6 nitrogen and oxygen atoms in total. The molecule has 0 aromatic carbocycles. The molecule has 3 heterocycles. The van der Waals surface area contributed by atoms with Crippen molar-refractivity contribution in [2.45, 2.75) is 37.2 Å². The first-order valence-corrected chi connectivity index (χ1v) is 12.2. The van der Waals surface area contributed by atoms with E-state index in [4.69, 9.17) is 0 Å². The maximum Gasteiger partial charge on any atom is 0.164 e. The van der Waals surface area contributed by atoms with Crippen LogP contribution in [-0.4, -0.2) is 27.5 Å². The van der Waals surface area contributed by atoms with E-state index in [1.54, 1.807) is 40.1 Å². The van der Waals surface area contributed by atoms with Crippen LogP contribution in [-0.2, 0) is 31.7 Å². The molecule has 0 fully saturated rings. The van der Waals surface area contributed by atoms with Crippen LogP contribution in [0.4, 0.5) is 0 Å². The zero-order chi connectivity index (χ0) is 20.7. The molecule has 0 bridgehead atoms. The van der Waals surface area contributed by atoms with Crippen molar-refractivity contribution in [1.29, 1.82) is 0 Å². The lowest BCUT2D eigenvalue weighted by atomic mass is 10.0. The second-order valence-electron chi connectivity index (χ2n) is 7.14. The predicted octanol–water partition coefficient (Wildman–Crippen LogP) is 4.85. The van der Waals surface area contributed by atoms with Crippen LogP contribution >= 0.6 is 22.7 Å². The second kappa shape index (κ2) is 7.85. The van der Waals surface area contributed by atoms with Crippen LogP contribution in [0.5, 0.6) is 0 Å². The van der Waals surface area contributed by atoms with Gasteiger partial charge < -0.3 is 9.11 Å². The highest BCUT2D eigenvalue weighted by Crippen LogP contribution is 2.40. The first kappa shape index (κ1) is 21.4. The standard InChI is InChI=1S/C18H20N2O4S4/c1-17(2,27(21)22)14-12(5-7-25-14)11-9-19-16(20-10-11)13-6-8-26-15(13)18(3,4)28(23)24/h5-10H,1-4H3,(H,21,22)(H,23,24). The smallest absolute Gasteiger partial charge is 0.164 e. The summed E-state index contributed by atoms with van der Waals surface area (Å²) < 4.78 is 40.9. The highest BCUT2D eigenvalue weighted by Gasteiger charge is 2.33. The summed E-state index contributed by atoms with van der Waals surface area (Å²) in [6.45, 7) is 6.87. The average Bonchev–Trinajstić information content (AvgIpc) is 3.31. The Morgan fingerprint density at radius 3 is 1.71 bits per heavy atom. The van der Waals surface area contributed by atoms with E-state index in [1.165, 1.54) is 22.7 Å². The lowest BCUT2D eigenvalue weighted by molar-refractivity contribution is 0.525. The highest BCUT2D eigenvalue weighted by molar-refractivity contribution is 7.80. The molecule has 28 heavy (non-hydrogen) atoms. The van der Waals surface area contributed by atoms with Crippen LogP contribution in [0.1, 0.15) is 37.4 Å². The molecule has 2 atom stereocenters. The summed E-state index contributed by atoms with van der Waals surface area (Å²) in [7, 11) is 0. The van der Waals surface area contributed by atoms with E-state index in [9.17, 15) is 17.5 Å². The first-order valence-electron chi connectivity index (χ1n) is 8.27. The minimum absolute atomic E-state index is 0.472. The minimum Gasteiger partial charge on any atom is -0.305 e. The van der Waals surface area contributed by atoms with E-state index in [0.29, 0.717) is 5.82 Å². The summed E-state index contributed by atoms with van der Waals surface area (Å²) in [5, 5.41) is 3.73. The van der Waals surface area contributed by atoms with Crippen molar-refractivity contribution in [3.05, 3.63) is 45.0 Å². The zero-order valence-electron chi connectivity index (χ0n) is 15.7. The maximum absolute atomic E-state index is 11.7. The number of hydrogen-bond acceptors (Lipinski definition) is 6. The molecule has 2 N–H and O–H groups in total. The zero-order valence-corrected chi connectivity index (χ0v) is 19.0.